The topological polar surface area (TPSA) is 67.2 Å². The van der Waals surface area contributed by atoms with Crippen molar-refractivity contribution < 1.29 is 4.79 Å². The van der Waals surface area contributed by atoms with Crippen LogP contribution in [-0.2, 0) is 11.3 Å². The molecule has 4 N–H and O–H groups in total. The van der Waals surface area contributed by atoms with Crippen LogP contribution < -0.4 is 16.4 Å². The van der Waals surface area contributed by atoms with Gasteiger partial charge in [-0.1, -0.05) is 18.2 Å². The zero-order chi connectivity index (χ0) is 12.5. The monoisotopic (exact) mass is 235 g/mol. The first-order valence-electron chi connectivity index (χ1n) is 6.00. The maximum absolute atomic E-state index is 11.0. The Bertz CT molecular complexity index is 352. The molecule has 0 aliphatic heterocycles. The number of rotatable bonds is 7. The molecule has 0 heterocycles. The van der Waals surface area contributed by atoms with E-state index in [9.17, 15) is 4.79 Å². The van der Waals surface area contributed by atoms with Crippen molar-refractivity contribution in [1.82, 2.24) is 5.32 Å². The lowest BCUT2D eigenvalue weighted by molar-refractivity contribution is -0.114. The van der Waals surface area contributed by atoms with Crippen molar-refractivity contribution in [3.05, 3.63) is 29.8 Å². The van der Waals surface area contributed by atoms with Crippen LogP contribution in [0.2, 0.25) is 0 Å². The molecule has 0 unspecified atom stereocenters. The number of nitrogens with one attached hydrogen (secondary N) is 2. The Morgan fingerprint density at radius 2 is 2.06 bits per heavy atom. The molecule has 94 valence electrons. The normalized spacial score (nSPS) is 10.2. The summed E-state index contributed by atoms with van der Waals surface area (Å²) in [5, 5.41) is 6.17. The number of hydrogen-bond acceptors (Lipinski definition) is 3. The number of unbranched alkanes of at least 4 members (excludes halogenated alkanes) is 1. The van der Waals surface area contributed by atoms with E-state index in [1.165, 1.54) is 6.92 Å². The largest absolute Gasteiger partial charge is 0.330 e. The second-order valence-electron chi connectivity index (χ2n) is 4.01. The second-order valence-corrected chi connectivity index (χ2v) is 4.01. The number of para-hydroxylation sites is 1. The van der Waals surface area contributed by atoms with Crippen LogP contribution in [-0.4, -0.2) is 19.0 Å². The van der Waals surface area contributed by atoms with Crippen LogP contribution in [0.1, 0.15) is 25.3 Å². The fourth-order valence-corrected chi connectivity index (χ4v) is 1.60. The quantitative estimate of drug-likeness (QED) is 0.627. The third-order valence-electron chi connectivity index (χ3n) is 2.45. The predicted octanol–water partition coefficient (Wildman–Crippen LogP) is 1.47. The lowest BCUT2D eigenvalue weighted by Gasteiger charge is -2.10. The zero-order valence-electron chi connectivity index (χ0n) is 10.3. The first-order chi connectivity index (χ1) is 8.24. The van der Waals surface area contributed by atoms with Crippen LogP contribution in [0, 0.1) is 0 Å². The Kier molecular flexibility index (Phi) is 6.29. The summed E-state index contributed by atoms with van der Waals surface area (Å²) in [5.74, 6) is -0.0411. The molecule has 17 heavy (non-hydrogen) atoms. The molecule has 0 spiro atoms. The van der Waals surface area contributed by atoms with Gasteiger partial charge in [0, 0.05) is 19.2 Å². The summed E-state index contributed by atoms with van der Waals surface area (Å²) < 4.78 is 0. The van der Waals surface area contributed by atoms with Gasteiger partial charge in [0.05, 0.1) is 0 Å². The van der Waals surface area contributed by atoms with Crippen molar-refractivity contribution in [2.75, 3.05) is 18.4 Å². The van der Waals surface area contributed by atoms with Gasteiger partial charge in [0.1, 0.15) is 0 Å². The number of carbonyl (C=O) groups excluding carboxylic acids is 1. The smallest absolute Gasteiger partial charge is 0.221 e. The van der Waals surface area contributed by atoms with Gasteiger partial charge in [0.2, 0.25) is 5.91 Å². The summed E-state index contributed by atoms with van der Waals surface area (Å²) in [6.07, 6.45) is 2.12. The first-order valence-corrected chi connectivity index (χ1v) is 6.00. The van der Waals surface area contributed by atoms with E-state index in [2.05, 4.69) is 10.6 Å². The average molecular weight is 235 g/mol. The van der Waals surface area contributed by atoms with Gasteiger partial charge < -0.3 is 16.4 Å². The molecule has 0 fully saturated rings. The summed E-state index contributed by atoms with van der Waals surface area (Å²) in [6, 6.07) is 7.82. The molecule has 1 rings (SSSR count). The molecule has 0 saturated heterocycles. The lowest BCUT2D eigenvalue weighted by atomic mass is 10.1. The Balaban J connectivity index is 2.43. The van der Waals surface area contributed by atoms with Crippen molar-refractivity contribution in [2.45, 2.75) is 26.3 Å². The van der Waals surface area contributed by atoms with Gasteiger partial charge in [0.15, 0.2) is 0 Å². The van der Waals surface area contributed by atoms with Gasteiger partial charge in [0.25, 0.3) is 0 Å². The highest BCUT2D eigenvalue weighted by molar-refractivity contribution is 5.89. The summed E-state index contributed by atoms with van der Waals surface area (Å²) in [6.45, 7) is 3.97. The van der Waals surface area contributed by atoms with Gasteiger partial charge >= 0.3 is 0 Å². The number of anilines is 1. The van der Waals surface area contributed by atoms with Gasteiger partial charge in [-0.15, -0.1) is 0 Å². The number of nitrogens with two attached hydrogens (primary N) is 1. The highest BCUT2D eigenvalue weighted by Crippen LogP contribution is 2.14. The fourth-order valence-electron chi connectivity index (χ4n) is 1.60. The van der Waals surface area contributed by atoms with E-state index in [1.807, 2.05) is 24.3 Å². The van der Waals surface area contributed by atoms with Crippen molar-refractivity contribution in [3.63, 3.8) is 0 Å². The number of carbonyl (C=O) groups is 1. The highest BCUT2D eigenvalue weighted by atomic mass is 16.1. The molecule has 1 aromatic carbocycles. The fraction of sp³-hybridized carbons (Fsp3) is 0.462. The Labute approximate surface area is 103 Å². The summed E-state index contributed by atoms with van der Waals surface area (Å²) in [5.41, 5.74) is 7.41. The third-order valence-corrected chi connectivity index (χ3v) is 2.45. The van der Waals surface area contributed by atoms with Crippen LogP contribution in [0.4, 0.5) is 5.69 Å². The van der Waals surface area contributed by atoms with E-state index in [1.54, 1.807) is 0 Å². The molecule has 0 aromatic heterocycles. The number of amides is 1. The SMILES string of the molecule is CC(=O)Nc1ccccc1CNCCCCN. The average Bonchev–Trinajstić information content (AvgIpc) is 2.30. The van der Waals surface area contributed by atoms with E-state index < -0.39 is 0 Å². The van der Waals surface area contributed by atoms with Crippen LogP contribution in [0.3, 0.4) is 0 Å². The second kappa shape index (κ2) is 7.81. The minimum absolute atomic E-state index is 0.0411. The van der Waals surface area contributed by atoms with Gasteiger partial charge in [-0.2, -0.15) is 0 Å². The summed E-state index contributed by atoms with van der Waals surface area (Å²) in [7, 11) is 0. The Morgan fingerprint density at radius 1 is 1.29 bits per heavy atom. The molecule has 0 bridgehead atoms. The van der Waals surface area contributed by atoms with Crippen molar-refractivity contribution in [2.24, 2.45) is 5.73 Å². The lowest BCUT2D eigenvalue weighted by Crippen LogP contribution is -2.17. The molecular formula is C13H21N3O. The predicted molar refractivity (Wildman–Crippen MR) is 70.7 cm³/mol. The first kappa shape index (κ1) is 13.7. The zero-order valence-corrected chi connectivity index (χ0v) is 10.3. The molecule has 0 atom stereocenters. The molecule has 4 heteroatoms. The Morgan fingerprint density at radius 3 is 2.76 bits per heavy atom. The maximum Gasteiger partial charge on any atom is 0.221 e. The minimum Gasteiger partial charge on any atom is -0.330 e. The van der Waals surface area contributed by atoms with Gasteiger partial charge in [-0.25, -0.2) is 0 Å². The van der Waals surface area contributed by atoms with Gasteiger partial charge in [-0.3, -0.25) is 4.79 Å². The molecule has 0 aliphatic rings. The highest BCUT2D eigenvalue weighted by Gasteiger charge is 2.02. The van der Waals surface area contributed by atoms with E-state index in [-0.39, 0.29) is 5.91 Å². The maximum atomic E-state index is 11.0. The van der Waals surface area contributed by atoms with Crippen LogP contribution in [0.15, 0.2) is 24.3 Å². The minimum atomic E-state index is -0.0411. The standard InChI is InChI=1S/C13H21N3O/c1-11(17)16-13-7-3-2-6-12(13)10-15-9-5-4-8-14/h2-3,6-7,15H,4-5,8-10,14H2,1H3,(H,16,17). The van der Waals surface area contributed by atoms with E-state index >= 15 is 0 Å². The number of benzene rings is 1. The Hall–Kier alpha value is -1.39. The molecule has 1 amide bonds. The molecule has 0 aliphatic carbocycles. The van der Waals surface area contributed by atoms with Crippen molar-refractivity contribution in [3.8, 4) is 0 Å². The van der Waals surface area contributed by atoms with Crippen LogP contribution >= 0.6 is 0 Å². The third kappa shape index (κ3) is 5.47. The van der Waals surface area contributed by atoms with Gasteiger partial charge in [-0.05, 0) is 37.6 Å². The van der Waals surface area contributed by atoms with E-state index in [0.29, 0.717) is 0 Å². The molecule has 4 nitrogen and oxygen atoms in total. The van der Waals surface area contributed by atoms with Crippen LogP contribution in [0.25, 0.3) is 0 Å². The van der Waals surface area contributed by atoms with E-state index in [0.717, 1.165) is 43.7 Å². The number of hydrogen-bond donors (Lipinski definition) is 3. The van der Waals surface area contributed by atoms with Crippen molar-refractivity contribution in [1.29, 1.82) is 0 Å². The summed E-state index contributed by atoms with van der Waals surface area (Å²) >= 11 is 0. The molecular weight excluding hydrogens is 214 g/mol. The summed E-state index contributed by atoms with van der Waals surface area (Å²) in [4.78, 5) is 11.0. The van der Waals surface area contributed by atoms with Crippen LogP contribution in [0.5, 0.6) is 0 Å². The molecule has 0 saturated carbocycles. The molecule has 1 aromatic rings. The molecule has 0 radical (unpaired) electrons. The van der Waals surface area contributed by atoms with E-state index in [4.69, 9.17) is 5.73 Å². The van der Waals surface area contributed by atoms with Crippen molar-refractivity contribution >= 4 is 11.6 Å².